The third kappa shape index (κ3) is 2.63. The second kappa shape index (κ2) is 5.54. The molecule has 0 saturated carbocycles. The molecule has 20 heavy (non-hydrogen) atoms. The van der Waals surface area contributed by atoms with Crippen LogP contribution in [0, 0.1) is 0 Å². The molecule has 0 amide bonds. The summed E-state index contributed by atoms with van der Waals surface area (Å²) in [7, 11) is 1.95. The van der Waals surface area contributed by atoms with Crippen LogP contribution in [0.5, 0.6) is 11.5 Å². The van der Waals surface area contributed by atoms with Crippen molar-refractivity contribution in [2.24, 2.45) is 12.8 Å². The van der Waals surface area contributed by atoms with Crippen LogP contribution < -0.4 is 15.2 Å². The van der Waals surface area contributed by atoms with Crippen LogP contribution in [0.3, 0.4) is 0 Å². The van der Waals surface area contributed by atoms with Crippen molar-refractivity contribution >= 4 is 0 Å². The van der Waals surface area contributed by atoms with Crippen LogP contribution in [0.15, 0.2) is 30.5 Å². The van der Waals surface area contributed by atoms with E-state index in [9.17, 15) is 0 Å². The van der Waals surface area contributed by atoms with Crippen LogP contribution in [-0.2, 0) is 13.5 Å². The SMILES string of the molecule is Cn1nccc1CCC(N)c1ccc2c(c1)OCCO2. The quantitative estimate of drug-likeness (QED) is 0.923. The molecule has 0 spiro atoms. The predicted molar refractivity (Wildman–Crippen MR) is 75.9 cm³/mol. The van der Waals surface area contributed by atoms with Gasteiger partial charge in [-0.05, 0) is 36.6 Å². The van der Waals surface area contributed by atoms with Gasteiger partial charge >= 0.3 is 0 Å². The molecule has 1 atom stereocenters. The van der Waals surface area contributed by atoms with E-state index in [-0.39, 0.29) is 6.04 Å². The zero-order valence-electron chi connectivity index (χ0n) is 11.6. The van der Waals surface area contributed by atoms with Crippen LogP contribution in [0.1, 0.15) is 23.7 Å². The average molecular weight is 273 g/mol. The number of rotatable bonds is 4. The van der Waals surface area contributed by atoms with Crippen molar-refractivity contribution in [3.05, 3.63) is 41.7 Å². The second-order valence-electron chi connectivity index (χ2n) is 4.99. The number of nitrogens with zero attached hydrogens (tertiary/aromatic N) is 2. The Morgan fingerprint density at radius 3 is 2.80 bits per heavy atom. The van der Waals surface area contributed by atoms with Gasteiger partial charge in [0.25, 0.3) is 0 Å². The summed E-state index contributed by atoms with van der Waals surface area (Å²) in [6, 6.07) is 7.95. The molecule has 1 aromatic carbocycles. The molecule has 5 heteroatoms. The Morgan fingerprint density at radius 2 is 2.05 bits per heavy atom. The molecule has 2 heterocycles. The molecular formula is C15H19N3O2. The highest BCUT2D eigenvalue weighted by Gasteiger charge is 2.15. The van der Waals surface area contributed by atoms with Gasteiger partial charge in [-0.1, -0.05) is 6.07 Å². The number of hydrogen-bond acceptors (Lipinski definition) is 4. The van der Waals surface area contributed by atoms with Crippen LogP contribution in [0.2, 0.25) is 0 Å². The lowest BCUT2D eigenvalue weighted by Crippen LogP contribution is -2.17. The van der Waals surface area contributed by atoms with Gasteiger partial charge in [-0.2, -0.15) is 5.10 Å². The zero-order chi connectivity index (χ0) is 13.9. The number of ether oxygens (including phenoxy) is 2. The lowest BCUT2D eigenvalue weighted by molar-refractivity contribution is 0.171. The minimum absolute atomic E-state index is 0.0132. The first-order valence-electron chi connectivity index (χ1n) is 6.86. The summed E-state index contributed by atoms with van der Waals surface area (Å²) >= 11 is 0. The third-order valence-electron chi connectivity index (χ3n) is 3.63. The average Bonchev–Trinajstić information content (AvgIpc) is 2.89. The summed E-state index contributed by atoms with van der Waals surface area (Å²) in [6.07, 6.45) is 3.59. The van der Waals surface area contributed by atoms with Gasteiger partial charge in [-0.3, -0.25) is 4.68 Å². The Labute approximate surface area is 118 Å². The minimum atomic E-state index is -0.0132. The molecule has 106 valence electrons. The molecule has 0 bridgehead atoms. The van der Waals surface area contributed by atoms with E-state index in [0.29, 0.717) is 13.2 Å². The standard InChI is InChI=1S/C15H19N3O2/c1-18-12(6-7-17-18)3-4-13(16)11-2-5-14-15(10-11)20-9-8-19-14/h2,5-7,10,13H,3-4,8-9,16H2,1H3. The highest BCUT2D eigenvalue weighted by molar-refractivity contribution is 5.44. The van der Waals surface area contributed by atoms with Crippen molar-refractivity contribution in [3.8, 4) is 11.5 Å². The summed E-state index contributed by atoms with van der Waals surface area (Å²) in [6.45, 7) is 1.21. The first kappa shape index (κ1) is 13.0. The summed E-state index contributed by atoms with van der Waals surface area (Å²) in [5, 5.41) is 4.16. The number of benzene rings is 1. The van der Waals surface area contributed by atoms with Gasteiger partial charge in [-0.25, -0.2) is 0 Å². The minimum Gasteiger partial charge on any atom is -0.486 e. The fraction of sp³-hybridized carbons (Fsp3) is 0.400. The Bertz CT molecular complexity index is 595. The van der Waals surface area contributed by atoms with Crippen molar-refractivity contribution < 1.29 is 9.47 Å². The Kier molecular flexibility index (Phi) is 3.60. The summed E-state index contributed by atoms with van der Waals surface area (Å²) in [5.41, 5.74) is 8.54. The molecule has 0 radical (unpaired) electrons. The smallest absolute Gasteiger partial charge is 0.161 e. The van der Waals surface area contributed by atoms with Gasteiger partial charge in [0.15, 0.2) is 11.5 Å². The van der Waals surface area contributed by atoms with E-state index in [0.717, 1.165) is 29.9 Å². The number of nitrogens with two attached hydrogens (primary N) is 1. The highest BCUT2D eigenvalue weighted by Crippen LogP contribution is 2.32. The molecule has 1 unspecified atom stereocenters. The molecule has 1 aromatic heterocycles. The largest absolute Gasteiger partial charge is 0.486 e. The fourth-order valence-corrected chi connectivity index (χ4v) is 2.41. The van der Waals surface area contributed by atoms with Crippen molar-refractivity contribution in [3.63, 3.8) is 0 Å². The number of fused-ring (bicyclic) bond motifs is 1. The molecule has 2 aromatic rings. The van der Waals surface area contributed by atoms with Gasteiger partial charge in [0.1, 0.15) is 13.2 Å². The lowest BCUT2D eigenvalue weighted by Gasteiger charge is -2.20. The van der Waals surface area contributed by atoms with E-state index in [1.165, 1.54) is 5.69 Å². The van der Waals surface area contributed by atoms with Crippen LogP contribution in [-0.4, -0.2) is 23.0 Å². The fourth-order valence-electron chi connectivity index (χ4n) is 2.41. The van der Waals surface area contributed by atoms with Gasteiger partial charge in [0.2, 0.25) is 0 Å². The van der Waals surface area contributed by atoms with Crippen molar-refractivity contribution in [1.29, 1.82) is 0 Å². The van der Waals surface area contributed by atoms with Crippen molar-refractivity contribution in [2.75, 3.05) is 13.2 Å². The molecule has 2 N–H and O–H groups in total. The summed E-state index contributed by atoms with van der Waals surface area (Å²) < 4.78 is 13.0. The number of aromatic nitrogens is 2. The van der Waals surface area contributed by atoms with Gasteiger partial charge in [0.05, 0.1) is 0 Å². The van der Waals surface area contributed by atoms with Crippen LogP contribution in [0.4, 0.5) is 0 Å². The Balaban J connectivity index is 1.67. The van der Waals surface area contributed by atoms with Gasteiger partial charge in [-0.15, -0.1) is 0 Å². The highest BCUT2D eigenvalue weighted by atomic mass is 16.6. The van der Waals surface area contributed by atoms with Gasteiger partial charge < -0.3 is 15.2 Å². The van der Waals surface area contributed by atoms with E-state index in [4.69, 9.17) is 15.2 Å². The summed E-state index contributed by atoms with van der Waals surface area (Å²) in [5.74, 6) is 1.60. The number of hydrogen-bond donors (Lipinski definition) is 1. The van der Waals surface area contributed by atoms with E-state index >= 15 is 0 Å². The monoisotopic (exact) mass is 273 g/mol. The van der Waals surface area contributed by atoms with Gasteiger partial charge in [0, 0.05) is 25.0 Å². The van der Waals surface area contributed by atoms with Crippen LogP contribution >= 0.6 is 0 Å². The van der Waals surface area contributed by atoms with E-state index in [1.807, 2.05) is 42.2 Å². The first-order valence-corrected chi connectivity index (χ1v) is 6.86. The summed E-state index contributed by atoms with van der Waals surface area (Å²) in [4.78, 5) is 0. The molecular weight excluding hydrogens is 254 g/mol. The molecule has 3 rings (SSSR count). The molecule has 0 fully saturated rings. The first-order chi connectivity index (χ1) is 9.74. The van der Waals surface area contributed by atoms with E-state index in [2.05, 4.69) is 5.10 Å². The maximum Gasteiger partial charge on any atom is 0.161 e. The van der Waals surface area contributed by atoms with Crippen LogP contribution in [0.25, 0.3) is 0 Å². The number of aryl methyl sites for hydroxylation is 2. The molecule has 1 aliphatic rings. The normalized spacial score (nSPS) is 15.1. The van der Waals surface area contributed by atoms with E-state index in [1.54, 1.807) is 0 Å². The molecule has 1 aliphatic heterocycles. The Morgan fingerprint density at radius 1 is 1.25 bits per heavy atom. The predicted octanol–water partition coefficient (Wildman–Crippen LogP) is 1.82. The van der Waals surface area contributed by atoms with E-state index < -0.39 is 0 Å². The van der Waals surface area contributed by atoms with Crippen molar-refractivity contribution in [1.82, 2.24) is 9.78 Å². The zero-order valence-corrected chi connectivity index (χ0v) is 11.6. The Hall–Kier alpha value is -2.01. The molecule has 0 saturated heterocycles. The maximum absolute atomic E-state index is 6.27. The third-order valence-corrected chi connectivity index (χ3v) is 3.63. The topological polar surface area (TPSA) is 62.3 Å². The lowest BCUT2D eigenvalue weighted by atomic mass is 10.0. The molecule has 0 aliphatic carbocycles. The second-order valence-corrected chi connectivity index (χ2v) is 4.99. The molecule has 5 nitrogen and oxygen atoms in total. The maximum atomic E-state index is 6.27. The van der Waals surface area contributed by atoms with Crippen molar-refractivity contribution in [2.45, 2.75) is 18.9 Å².